The Morgan fingerprint density at radius 2 is 1.75 bits per heavy atom. The Labute approximate surface area is 101 Å². The SMILES string of the molecule is CN1CCCC(NC2CCS(=O)CC2)CC1. The number of rotatable bonds is 2. The molecule has 2 aliphatic heterocycles. The van der Waals surface area contributed by atoms with Gasteiger partial charge in [0.05, 0.1) is 0 Å². The van der Waals surface area contributed by atoms with Gasteiger partial charge in [0.2, 0.25) is 0 Å². The van der Waals surface area contributed by atoms with Crippen LogP contribution in [-0.4, -0.2) is 52.8 Å². The van der Waals surface area contributed by atoms with Crippen LogP contribution in [0.3, 0.4) is 0 Å². The maximum atomic E-state index is 11.3. The molecule has 0 radical (unpaired) electrons. The van der Waals surface area contributed by atoms with Crippen LogP contribution >= 0.6 is 0 Å². The molecule has 2 aliphatic rings. The average Bonchev–Trinajstić information content (AvgIpc) is 2.47. The normalized spacial score (nSPS) is 38.2. The Kier molecular flexibility index (Phi) is 4.79. The summed E-state index contributed by atoms with van der Waals surface area (Å²) in [4.78, 5) is 2.43. The Balaban J connectivity index is 1.74. The molecular weight excluding hydrogens is 220 g/mol. The lowest BCUT2D eigenvalue weighted by Crippen LogP contribution is -2.42. The van der Waals surface area contributed by atoms with Crippen LogP contribution in [0.15, 0.2) is 0 Å². The molecule has 0 saturated carbocycles. The molecule has 0 aromatic carbocycles. The van der Waals surface area contributed by atoms with Crippen molar-refractivity contribution in [3.8, 4) is 0 Å². The zero-order chi connectivity index (χ0) is 11.4. The molecule has 94 valence electrons. The number of likely N-dealkylation sites (tertiary alicyclic amines) is 1. The first-order valence-electron chi connectivity index (χ1n) is 6.53. The molecule has 2 fully saturated rings. The summed E-state index contributed by atoms with van der Waals surface area (Å²) < 4.78 is 11.3. The molecule has 0 aliphatic carbocycles. The summed E-state index contributed by atoms with van der Waals surface area (Å²) in [6.45, 7) is 2.46. The Bertz CT molecular complexity index is 237. The summed E-state index contributed by atoms with van der Waals surface area (Å²) in [5.74, 6) is 1.81. The molecule has 0 aromatic rings. The van der Waals surface area contributed by atoms with E-state index in [4.69, 9.17) is 0 Å². The van der Waals surface area contributed by atoms with E-state index < -0.39 is 10.8 Å². The van der Waals surface area contributed by atoms with Gasteiger partial charge in [0.25, 0.3) is 0 Å². The molecule has 2 saturated heterocycles. The van der Waals surface area contributed by atoms with Gasteiger partial charge in [0.15, 0.2) is 0 Å². The van der Waals surface area contributed by atoms with Crippen molar-refractivity contribution < 1.29 is 4.21 Å². The van der Waals surface area contributed by atoms with Crippen molar-refractivity contribution in [3.63, 3.8) is 0 Å². The molecule has 1 N–H and O–H groups in total. The molecule has 4 heteroatoms. The topological polar surface area (TPSA) is 32.3 Å². The van der Waals surface area contributed by atoms with Crippen LogP contribution in [-0.2, 0) is 10.8 Å². The second-order valence-corrected chi connectivity index (χ2v) is 6.92. The van der Waals surface area contributed by atoms with Gasteiger partial charge in [-0.15, -0.1) is 0 Å². The van der Waals surface area contributed by atoms with Gasteiger partial charge in [-0.3, -0.25) is 4.21 Å². The fraction of sp³-hybridized carbons (Fsp3) is 1.00. The molecule has 1 unspecified atom stereocenters. The lowest BCUT2D eigenvalue weighted by atomic mass is 10.1. The van der Waals surface area contributed by atoms with Crippen LogP contribution in [0, 0.1) is 0 Å². The van der Waals surface area contributed by atoms with Crippen molar-refractivity contribution in [1.82, 2.24) is 10.2 Å². The standard InChI is InChI=1S/C12H24N2OS/c1-14-7-2-3-11(4-8-14)13-12-5-9-16(15)10-6-12/h11-13H,2-10H2,1H3. The van der Waals surface area contributed by atoms with E-state index in [1.165, 1.54) is 32.4 Å². The molecule has 3 nitrogen and oxygen atoms in total. The summed E-state index contributed by atoms with van der Waals surface area (Å²) in [6.07, 6.45) is 6.12. The van der Waals surface area contributed by atoms with Gasteiger partial charge in [0.1, 0.15) is 0 Å². The van der Waals surface area contributed by atoms with Gasteiger partial charge in [0, 0.05) is 34.4 Å². The van der Waals surface area contributed by atoms with Gasteiger partial charge in [-0.05, 0) is 52.2 Å². The van der Waals surface area contributed by atoms with Crippen molar-refractivity contribution in [1.29, 1.82) is 0 Å². The third-order valence-corrected chi connectivity index (χ3v) is 5.19. The van der Waals surface area contributed by atoms with Gasteiger partial charge in [-0.25, -0.2) is 0 Å². The predicted molar refractivity (Wildman–Crippen MR) is 69.2 cm³/mol. The average molecular weight is 244 g/mol. The maximum Gasteiger partial charge on any atom is 0.0249 e. The molecule has 0 aromatic heterocycles. The van der Waals surface area contributed by atoms with Crippen LogP contribution in [0.4, 0.5) is 0 Å². The van der Waals surface area contributed by atoms with E-state index in [1.807, 2.05) is 0 Å². The Morgan fingerprint density at radius 1 is 1.06 bits per heavy atom. The maximum absolute atomic E-state index is 11.3. The number of hydrogen-bond acceptors (Lipinski definition) is 3. The summed E-state index contributed by atoms with van der Waals surface area (Å²) in [6, 6.07) is 1.33. The van der Waals surface area contributed by atoms with Crippen LogP contribution < -0.4 is 5.32 Å². The molecule has 1 atom stereocenters. The highest BCUT2D eigenvalue weighted by Crippen LogP contribution is 2.15. The fourth-order valence-electron chi connectivity index (χ4n) is 2.70. The zero-order valence-corrected chi connectivity index (χ0v) is 11.1. The number of nitrogens with one attached hydrogen (secondary N) is 1. The smallest absolute Gasteiger partial charge is 0.0249 e. The quantitative estimate of drug-likeness (QED) is 0.786. The van der Waals surface area contributed by atoms with Crippen molar-refractivity contribution in [2.75, 3.05) is 31.6 Å². The molecule has 0 amide bonds. The van der Waals surface area contributed by atoms with Crippen LogP contribution in [0.2, 0.25) is 0 Å². The highest BCUT2D eigenvalue weighted by atomic mass is 32.2. The van der Waals surface area contributed by atoms with Gasteiger partial charge < -0.3 is 10.2 Å². The van der Waals surface area contributed by atoms with Crippen molar-refractivity contribution in [3.05, 3.63) is 0 Å². The zero-order valence-electron chi connectivity index (χ0n) is 10.3. The number of nitrogens with zero attached hydrogens (tertiary/aromatic N) is 1. The highest BCUT2D eigenvalue weighted by Gasteiger charge is 2.22. The highest BCUT2D eigenvalue weighted by molar-refractivity contribution is 7.85. The van der Waals surface area contributed by atoms with Crippen molar-refractivity contribution in [2.45, 2.75) is 44.2 Å². The number of hydrogen-bond donors (Lipinski definition) is 1. The molecule has 0 bridgehead atoms. The van der Waals surface area contributed by atoms with Gasteiger partial charge >= 0.3 is 0 Å². The summed E-state index contributed by atoms with van der Waals surface area (Å²) in [7, 11) is 1.69. The predicted octanol–water partition coefficient (Wildman–Crippen LogP) is 0.971. The second kappa shape index (κ2) is 6.12. The van der Waals surface area contributed by atoms with Crippen molar-refractivity contribution in [2.24, 2.45) is 0 Å². The lowest BCUT2D eigenvalue weighted by Gasteiger charge is -2.27. The summed E-state index contributed by atoms with van der Waals surface area (Å²) >= 11 is 0. The first kappa shape index (κ1) is 12.5. The molecule has 2 heterocycles. The molecule has 0 spiro atoms. The Hall–Kier alpha value is 0.0700. The van der Waals surface area contributed by atoms with E-state index in [2.05, 4.69) is 17.3 Å². The minimum absolute atomic E-state index is 0.525. The van der Waals surface area contributed by atoms with E-state index in [-0.39, 0.29) is 0 Å². The van der Waals surface area contributed by atoms with Gasteiger partial charge in [-0.1, -0.05) is 0 Å². The third kappa shape index (κ3) is 3.82. The van der Waals surface area contributed by atoms with Gasteiger partial charge in [-0.2, -0.15) is 0 Å². The lowest BCUT2D eigenvalue weighted by molar-refractivity contribution is 0.335. The van der Waals surface area contributed by atoms with Crippen LogP contribution in [0.5, 0.6) is 0 Å². The van der Waals surface area contributed by atoms with Crippen molar-refractivity contribution >= 4 is 10.8 Å². The monoisotopic (exact) mass is 244 g/mol. The van der Waals surface area contributed by atoms with E-state index in [0.717, 1.165) is 24.3 Å². The fourth-order valence-corrected chi connectivity index (χ4v) is 4.00. The van der Waals surface area contributed by atoms with Crippen LogP contribution in [0.25, 0.3) is 0 Å². The van der Waals surface area contributed by atoms with E-state index >= 15 is 0 Å². The minimum atomic E-state index is -0.525. The minimum Gasteiger partial charge on any atom is -0.311 e. The Morgan fingerprint density at radius 3 is 2.50 bits per heavy atom. The molecular formula is C12H24N2OS. The first-order valence-corrected chi connectivity index (χ1v) is 8.02. The first-order chi connectivity index (χ1) is 7.74. The molecule has 2 rings (SSSR count). The summed E-state index contributed by atoms with van der Waals surface area (Å²) in [5.41, 5.74) is 0. The summed E-state index contributed by atoms with van der Waals surface area (Å²) in [5, 5.41) is 3.78. The molecule has 16 heavy (non-hydrogen) atoms. The third-order valence-electron chi connectivity index (χ3n) is 3.81. The van der Waals surface area contributed by atoms with E-state index in [0.29, 0.717) is 12.1 Å². The van der Waals surface area contributed by atoms with E-state index in [1.54, 1.807) is 0 Å². The van der Waals surface area contributed by atoms with E-state index in [9.17, 15) is 4.21 Å². The second-order valence-electron chi connectivity index (χ2n) is 5.22. The largest absolute Gasteiger partial charge is 0.311 e. The van der Waals surface area contributed by atoms with Crippen LogP contribution in [0.1, 0.15) is 32.1 Å².